The molecule has 6 nitrogen and oxygen atoms in total. The van der Waals surface area contributed by atoms with Crippen LogP contribution in [0.15, 0.2) is 0 Å². The lowest BCUT2D eigenvalue weighted by molar-refractivity contribution is -0.145. The van der Waals surface area contributed by atoms with E-state index in [0.29, 0.717) is 13.2 Å². The van der Waals surface area contributed by atoms with E-state index in [0.717, 1.165) is 28.5 Å². The van der Waals surface area contributed by atoms with Crippen molar-refractivity contribution in [2.75, 3.05) is 37.1 Å². The predicted octanol–water partition coefficient (Wildman–Crippen LogP) is 1.22. The summed E-state index contributed by atoms with van der Waals surface area (Å²) in [5.41, 5.74) is 0.805. The van der Waals surface area contributed by atoms with Crippen LogP contribution in [-0.2, 0) is 25.8 Å². The lowest BCUT2D eigenvalue weighted by atomic mass is 10.1. The Morgan fingerprint density at radius 2 is 2.24 bits per heavy atom. The van der Waals surface area contributed by atoms with Gasteiger partial charge in [0, 0.05) is 24.7 Å². The minimum atomic E-state index is -2.99. The molecule has 0 aromatic carbocycles. The third-order valence-electron chi connectivity index (χ3n) is 3.40. The van der Waals surface area contributed by atoms with Crippen LogP contribution in [0, 0.1) is 0 Å². The van der Waals surface area contributed by atoms with Gasteiger partial charge < -0.3 is 9.64 Å². The molecule has 0 amide bonds. The van der Waals surface area contributed by atoms with Crippen LogP contribution in [0.1, 0.15) is 29.8 Å². The summed E-state index contributed by atoms with van der Waals surface area (Å²) >= 11 is 1.53. The van der Waals surface area contributed by atoms with Crippen LogP contribution in [-0.4, -0.2) is 51.6 Å². The lowest BCUT2D eigenvalue weighted by Gasteiger charge is -2.15. The number of hydrogen-bond donors (Lipinski definition) is 0. The first-order chi connectivity index (χ1) is 9.81. The maximum atomic E-state index is 11.9. The van der Waals surface area contributed by atoms with Gasteiger partial charge in [0.15, 0.2) is 5.13 Å². The SMILES string of the molecule is CCOC(=O)C1CCc2sc(N(C)CCS(C)(=O)=O)nc21. The van der Waals surface area contributed by atoms with Crippen molar-refractivity contribution in [3.05, 3.63) is 10.6 Å². The van der Waals surface area contributed by atoms with E-state index in [2.05, 4.69) is 4.98 Å². The summed E-state index contributed by atoms with van der Waals surface area (Å²) < 4.78 is 27.5. The molecule has 2 rings (SSSR count). The van der Waals surface area contributed by atoms with Gasteiger partial charge in [-0.15, -0.1) is 11.3 Å². The van der Waals surface area contributed by atoms with Gasteiger partial charge in [-0.25, -0.2) is 13.4 Å². The minimum absolute atomic E-state index is 0.0923. The highest BCUT2D eigenvalue weighted by atomic mass is 32.2. The number of fused-ring (bicyclic) bond motifs is 1. The molecule has 1 aliphatic carbocycles. The molecular formula is C13H20N2O4S2. The summed E-state index contributed by atoms with van der Waals surface area (Å²) in [6.45, 7) is 2.56. The number of aryl methyl sites for hydroxylation is 1. The summed E-state index contributed by atoms with van der Waals surface area (Å²) in [5, 5.41) is 0.762. The molecule has 8 heteroatoms. The van der Waals surface area contributed by atoms with Crippen molar-refractivity contribution in [2.45, 2.75) is 25.7 Å². The first-order valence-electron chi connectivity index (χ1n) is 6.87. The van der Waals surface area contributed by atoms with Gasteiger partial charge in [-0.05, 0) is 19.8 Å². The number of carbonyl (C=O) groups is 1. The Kier molecular flexibility index (Phi) is 4.88. The number of rotatable bonds is 6. The number of carbonyl (C=O) groups excluding carboxylic acids is 1. The fraction of sp³-hybridized carbons (Fsp3) is 0.692. The van der Waals surface area contributed by atoms with Crippen molar-refractivity contribution in [2.24, 2.45) is 0 Å². The molecule has 0 saturated heterocycles. The Labute approximate surface area is 129 Å². The summed E-state index contributed by atoms with van der Waals surface area (Å²) in [6.07, 6.45) is 2.80. The first-order valence-corrected chi connectivity index (χ1v) is 9.74. The molecule has 1 aliphatic rings. The summed E-state index contributed by atoms with van der Waals surface area (Å²) in [5.74, 6) is -0.394. The number of hydrogen-bond acceptors (Lipinski definition) is 7. The van der Waals surface area contributed by atoms with E-state index in [9.17, 15) is 13.2 Å². The van der Waals surface area contributed by atoms with E-state index in [1.54, 1.807) is 6.92 Å². The number of thiazole rings is 1. The van der Waals surface area contributed by atoms with E-state index in [1.165, 1.54) is 17.6 Å². The molecular weight excluding hydrogens is 312 g/mol. The van der Waals surface area contributed by atoms with Crippen LogP contribution >= 0.6 is 11.3 Å². The summed E-state index contributed by atoms with van der Waals surface area (Å²) in [4.78, 5) is 19.4. The molecule has 1 heterocycles. The van der Waals surface area contributed by atoms with Crippen LogP contribution in [0.4, 0.5) is 5.13 Å². The molecule has 0 saturated carbocycles. The number of ether oxygens (including phenoxy) is 1. The van der Waals surface area contributed by atoms with E-state index < -0.39 is 9.84 Å². The van der Waals surface area contributed by atoms with Crippen molar-refractivity contribution < 1.29 is 17.9 Å². The molecule has 1 aromatic heterocycles. The quantitative estimate of drug-likeness (QED) is 0.729. The zero-order valence-electron chi connectivity index (χ0n) is 12.5. The van der Waals surface area contributed by atoms with Gasteiger partial charge in [-0.3, -0.25) is 4.79 Å². The second-order valence-corrected chi connectivity index (χ2v) is 8.52. The van der Waals surface area contributed by atoms with Crippen LogP contribution in [0.25, 0.3) is 0 Å². The molecule has 0 aliphatic heterocycles. The third-order valence-corrected chi connectivity index (χ3v) is 5.57. The maximum Gasteiger partial charge on any atom is 0.315 e. The average Bonchev–Trinajstić information content (AvgIpc) is 2.94. The number of anilines is 1. The third kappa shape index (κ3) is 3.94. The molecule has 21 heavy (non-hydrogen) atoms. The Hall–Kier alpha value is -1.15. The number of sulfone groups is 1. The van der Waals surface area contributed by atoms with E-state index in [4.69, 9.17) is 4.74 Å². The predicted molar refractivity (Wildman–Crippen MR) is 82.8 cm³/mol. The highest BCUT2D eigenvalue weighted by molar-refractivity contribution is 7.90. The zero-order chi connectivity index (χ0) is 15.6. The normalized spacial score (nSPS) is 17.6. The smallest absolute Gasteiger partial charge is 0.315 e. The number of nitrogens with zero attached hydrogens (tertiary/aromatic N) is 2. The number of esters is 1. The molecule has 1 unspecified atom stereocenters. The maximum absolute atomic E-state index is 11.9. The minimum Gasteiger partial charge on any atom is -0.465 e. The van der Waals surface area contributed by atoms with E-state index in [1.807, 2.05) is 11.9 Å². The summed E-state index contributed by atoms with van der Waals surface area (Å²) in [6, 6.07) is 0. The molecule has 0 spiro atoms. The standard InChI is InChI=1S/C13H20N2O4S2/c1-4-19-12(16)9-5-6-10-11(9)14-13(20-10)15(2)7-8-21(3,17)18/h9H,4-8H2,1-3H3. The number of aromatic nitrogens is 1. The lowest BCUT2D eigenvalue weighted by Crippen LogP contribution is -2.25. The van der Waals surface area contributed by atoms with Crippen LogP contribution in [0.3, 0.4) is 0 Å². The average molecular weight is 332 g/mol. The van der Waals surface area contributed by atoms with Crippen molar-refractivity contribution >= 4 is 32.3 Å². The highest BCUT2D eigenvalue weighted by Gasteiger charge is 2.34. The van der Waals surface area contributed by atoms with Gasteiger partial charge in [-0.2, -0.15) is 0 Å². The van der Waals surface area contributed by atoms with Crippen LogP contribution in [0.5, 0.6) is 0 Å². The molecule has 0 fully saturated rings. The Morgan fingerprint density at radius 1 is 1.52 bits per heavy atom. The van der Waals surface area contributed by atoms with Gasteiger partial charge in [0.05, 0.1) is 18.1 Å². The van der Waals surface area contributed by atoms with Gasteiger partial charge in [-0.1, -0.05) is 0 Å². The summed E-state index contributed by atoms with van der Waals surface area (Å²) in [7, 11) is -1.17. The fourth-order valence-electron chi connectivity index (χ4n) is 2.25. The Balaban J connectivity index is 2.09. The van der Waals surface area contributed by atoms with Crippen LogP contribution in [0.2, 0.25) is 0 Å². The molecule has 1 atom stereocenters. The molecule has 0 radical (unpaired) electrons. The van der Waals surface area contributed by atoms with Crippen molar-refractivity contribution in [1.29, 1.82) is 0 Å². The topological polar surface area (TPSA) is 76.6 Å². The second kappa shape index (κ2) is 6.31. The van der Waals surface area contributed by atoms with Gasteiger partial charge in [0.2, 0.25) is 0 Å². The van der Waals surface area contributed by atoms with E-state index >= 15 is 0 Å². The van der Waals surface area contributed by atoms with Crippen LogP contribution < -0.4 is 4.90 Å². The molecule has 0 N–H and O–H groups in total. The molecule has 118 valence electrons. The monoisotopic (exact) mass is 332 g/mol. The second-order valence-electron chi connectivity index (χ2n) is 5.20. The van der Waals surface area contributed by atoms with Gasteiger partial charge >= 0.3 is 5.97 Å². The van der Waals surface area contributed by atoms with Gasteiger partial charge in [0.1, 0.15) is 15.8 Å². The first kappa shape index (κ1) is 16.2. The zero-order valence-corrected chi connectivity index (χ0v) is 14.1. The Morgan fingerprint density at radius 3 is 2.86 bits per heavy atom. The largest absolute Gasteiger partial charge is 0.465 e. The molecule has 1 aromatic rings. The molecule has 0 bridgehead atoms. The highest BCUT2D eigenvalue weighted by Crippen LogP contribution is 2.39. The Bertz CT molecular complexity index is 624. The van der Waals surface area contributed by atoms with Crippen molar-refractivity contribution in [3.63, 3.8) is 0 Å². The van der Waals surface area contributed by atoms with Crippen molar-refractivity contribution in [1.82, 2.24) is 4.98 Å². The van der Waals surface area contributed by atoms with Gasteiger partial charge in [0.25, 0.3) is 0 Å². The van der Waals surface area contributed by atoms with E-state index in [-0.39, 0.29) is 17.6 Å². The van der Waals surface area contributed by atoms with Crippen molar-refractivity contribution in [3.8, 4) is 0 Å². The fourth-order valence-corrected chi connectivity index (χ4v) is 3.98.